The molecule has 0 amide bonds. The predicted molar refractivity (Wildman–Crippen MR) is 108 cm³/mol. The Labute approximate surface area is 160 Å². The highest BCUT2D eigenvalue weighted by atomic mass is 127. The summed E-state index contributed by atoms with van der Waals surface area (Å²) in [6.45, 7) is 7.03. The number of ether oxygens (including phenoxy) is 1. The molecule has 0 aliphatic carbocycles. The van der Waals surface area contributed by atoms with E-state index >= 15 is 0 Å². The predicted octanol–water partition coefficient (Wildman–Crippen LogP) is 2.49. The Kier molecular flexibility index (Phi) is 7.91. The summed E-state index contributed by atoms with van der Waals surface area (Å²) in [5.41, 5.74) is 0. The van der Waals surface area contributed by atoms with Crippen LogP contribution in [-0.2, 0) is 4.74 Å². The van der Waals surface area contributed by atoms with E-state index in [0.29, 0.717) is 0 Å². The number of hydrogen-bond acceptors (Lipinski definition) is 4. The average Bonchev–Trinajstić information content (AvgIpc) is 3.11. The summed E-state index contributed by atoms with van der Waals surface area (Å²) in [5, 5.41) is 7.09. The van der Waals surface area contributed by atoms with Crippen LogP contribution in [0.4, 0.5) is 5.00 Å². The van der Waals surface area contributed by atoms with Gasteiger partial charge < -0.3 is 19.9 Å². The maximum absolute atomic E-state index is 5.42. The molecule has 2 aliphatic heterocycles. The van der Waals surface area contributed by atoms with E-state index < -0.39 is 0 Å². The van der Waals surface area contributed by atoms with Crippen molar-refractivity contribution in [2.24, 2.45) is 10.9 Å². The molecule has 0 bridgehead atoms. The molecule has 1 N–H and O–H groups in total. The molecule has 5 nitrogen and oxygen atoms in total. The van der Waals surface area contributed by atoms with E-state index in [9.17, 15) is 0 Å². The van der Waals surface area contributed by atoms with Crippen LogP contribution in [0.2, 0.25) is 0 Å². The summed E-state index contributed by atoms with van der Waals surface area (Å²) in [6.07, 6.45) is 2.33. The van der Waals surface area contributed by atoms with Gasteiger partial charge >= 0.3 is 0 Å². The highest BCUT2D eigenvalue weighted by Gasteiger charge is 2.21. The Bertz CT molecular complexity index is 468. The van der Waals surface area contributed by atoms with Crippen molar-refractivity contribution in [1.29, 1.82) is 0 Å². The van der Waals surface area contributed by atoms with Gasteiger partial charge in [0.05, 0.1) is 5.00 Å². The molecule has 0 spiro atoms. The van der Waals surface area contributed by atoms with Crippen LogP contribution in [0.3, 0.4) is 0 Å². The van der Waals surface area contributed by atoms with Crippen LogP contribution in [-0.4, -0.2) is 63.8 Å². The molecule has 0 atom stereocenters. The average molecular weight is 450 g/mol. The second-order valence-corrected chi connectivity index (χ2v) is 6.84. The summed E-state index contributed by atoms with van der Waals surface area (Å²) in [4.78, 5) is 9.31. The summed E-state index contributed by atoms with van der Waals surface area (Å²) >= 11 is 1.82. The molecular weight excluding hydrogens is 423 g/mol. The molecule has 3 rings (SSSR count). The SMILES string of the molecule is CN=C(NCC1CCOCC1)N1CCN(c2cccs2)CC1.I. The molecule has 0 saturated carbocycles. The van der Waals surface area contributed by atoms with Gasteiger partial charge in [0.15, 0.2) is 5.96 Å². The third-order valence-electron chi connectivity index (χ3n) is 4.50. The molecule has 1 aromatic heterocycles. The third kappa shape index (κ3) is 5.22. The van der Waals surface area contributed by atoms with Crippen molar-refractivity contribution in [3.05, 3.63) is 17.5 Å². The number of piperazine rings is 1. The lowest BCUT2D eigenvalue weighted by Gasteiger charge is -2.37. The first kappa shape index (κ1) is 18.8. The number of nitrogens with one attached hydrogen (secondary N) is 1. The number of hydrogen-bond donors (Lipinski definition) is 1. The first-order valence-electron chi connectivity index (χ1n) is 8.18. The van der Waals surface area contributed by atoms with Gasteiger partial charge in [0.2, 0.25) is 0 Å². The van der Waals surface area contributed by atoms with Crippen LogP contribution in [0.1, 0.15) is 12.8 Å². The quantitative estimate of drug-likeness (QED) is 0.437. The van der Waals surface area contributed by atoms with Crippen molar-refractivity contribution >= 4 is 46.3 Å². The van der Waals surface area contributed by atoms with Crippen LogP contribution in [0.15, 0.2) is 22.5 Å². The minimum atomic E-state index is 0. The highest BCUT2D eigenvalue weighted by molar-refractivity contribution is 14.0. The fourth-order valence-electron chi connectivity index (χ4n) is 3.11. The number of guanidine groups is 1. The zero-order chi connectivity index (χ0) is 15.2. The Morgan fingerprint density at radius 1 is 1.30 bits per heavy atom. The van der Waals surface area contributed by atoms with Crippen LogP contribution in [0.5, 0.6) is 0 Å². The summed E-state index contributed by atoms with van der Waals surface area (Å²) in [7, 11) is 1.89. The molecule has 130 valence electrons. The monoisotopic (exact) mass is 450 g/mol. The first-order valence-corrected chi connectivity index (χ1v) is 9.06. The van der Waals surface area contributed by atoms with Crippen LogP contribution in [0, 0.1) is 5.92 Å². The maximum Gasteiger partial charge on any atom is 0.193 e. The normalized spacial score (nSPS) is 20.3. The molecular formula is C16H27IN4OS. The smallest absolute Gasteiger partial charge is 0.193 e. The fraction of sp³-hybridized carbons (Fsp3) is 0.688. The van der Waals surface area contributed by atoms with Crippen molar-refractivity contribution in [3.63, 3.8) is 0 Å². The van der Waals surface area contributed by atoms with Gasteiger partial charge in [-0.25, -0.2) is 0 Å². The van der Waals surface area contributed by atoms with E-state index in [4.69, 9.17) is 4.74 Å². The molecule has 2 fully saturated rings. The van der Waals surface area contributed by atoms with Gasteiger partial charge in [0.25, 0.3) is 0 Å². The molecule has 0 unspecified atom stereocenters. The third-order valence-corrected chi connectivity index (χ3v) is 5.43. The van der Waals surface area contributed by atoms with Crippen LogP contribution in [0.25, 0.3) is 0 Å². The van der Waals surface area contributed by atoms with Crippen molar-refractivity contribution < 1.29 is 4.74 Å². The van der Waals surface area contributed by atoms with Gasteiger partial charge in [-0.3, -0.25) is 4.99 Å². The van der Waals surface area contributed by atoms with E-state index in [1.165, 1.54) is 5.00 Å². The topological polar surface area (TPSA) is 40.1 Å². The largest absolute Gasteiger partial charge is 0.381 e. The lowest BCUT2D eigenvalue weighted by atomic mass is 10.0. The van der Waals surface area contributed by atoms with Gasteiger partial charge in [-0.2, -0.15) is 0 Å². The molecule has 23 heavy (non-hydrogen) atoms. The Balaban J connectivity index is 0.00000192. The minimum absolute atomic E-state index is 0. The molecule has 2 aliphatic rings. The number of anilines is 1. The van der Waals surface area contributed by atoms with E-state index in [1.807, 2.05) is 18.4 Å². The number of aliphatic imine (C=N–C) groups is 1. The molecule has 1 aromatic rings. The number of halogens is 1. The van der Waals surface area contributed by atoms with Crippen molar-refractivity contribution in [2.45, 2.75) is 12.8 Å². The molecule has 0 radical (unpaired) electrons. The Morgan fingerprint density at radius 2 is 2.04 bits per heavy atom. The van der Waals surface area contributed by atoms with Crippen molar-refractivity contribution in [3.8, 4) is 0 Å². The number of thiophene rings is 1. The van der Waals surface area contributed by atoms with Gasteiger partial charge in [-0.1, -0.05) is 0 Å². The van der Waals surface area contributed by atoms with E-state index in [-0.39, 0.29) is 24.0 Å². The van der Waals surface area contributed by atoms with Crippen LogP contribution < -0.4 is 10.2 Å². The van der Waals surface area contributed by atoms with E-state index in [0.717, 1.165) is 70.7 Å². The zero-order valence-electron chi connectivity index (χ0n) is 13.7. The zero-order valence-corrected chi connectivity index (χ0v) is 16.9. The fourth-order valence-corrected chi connectivity index (χ4v) is 3.89. The second-order valence-electron chi connectivity index (χ2n) is 5.91. The molecule has 7 heteroatoms. The summed E-state index contributed by atoms with van der Waals surface area (Å²) in [5.74, 6) is 1.77. The lowest BCUT2D eigenvalue weighted by Crippen LogP contribution is -2.53. The van der Waals surface area contributed by atoms with E-state index in [2.05, 4.69) is 37.6 Å². The first-order chi connectivity index (χ1) is 10.9. The summed E-state index contributed by atoms with van der Waals surface area (Å²) < 4.78 is 5.42. The summed E-state index contributed by atoms with van der Waals surface area (Å²) in [6, 6.07) is 4.33. The van der Waals surface area contributed by atoms with Crippen LogP contribution >= 0.6 is 35.3 Å². The molecule has 2 saturated heterocycles. The van der Waals surface area contributed by atoms with Gasteiger partial charge in [0, 0.05) is 53.0 Å². The molecule has 0 aromatic carbocycles. The standard InChI is InChI=1S/C16H26N4OS.HI/c1-17-16(18-13-14-4-10-21-11-5-14)20-8-6-19(7-9-20)15-3-2-12-22-15;/h2-3,12,14H,4-11,13H2,1H3,(H,17,18);1H. The highest BCUT2D eigenvalue weighted by Crippen LogP contribution is 2.22. The number of nitrogens with zero attached hydrogens (tertiary/aromatic N) is 3. The van der Waals surface area contributed by atoms with Crippen molar-refractivity contribution in [2.75, 3.05) is 57.9 Å². The van der Waals surface area contributed by atoms with Crippen molar-refractivity contribution in [1.82, 2.24) is 10.2 Å². The lowest BCUT2D eigenvalue weighted by molar-refractivity contribution is 0.0673. The van der Waals surface area contributed by atoms with E-state index in [1.54, 1.807) is 0 Å². The number of rotatable bonds is 3. The Morgan fingerprint density at radius 3 is 2.65 bits per heavy atom. The maximum atomic E-state index is 5.42. The second kappa shape index (κ2) is 9.68. The Hall–Kier alpha value is -0.540. The van der Waals surface area contributed by atoms with Gasteiger partial charge in [0.1, 0.15) is 0 Å². The molecule has 3 heterocycles. The van der Waals surface area contributed by atoms with Gasteiger partial charge in [-0.05, 0) is 36.3 Å². The minimum Gasteiger partial charge on any atom is -0.381 e. The van der Waals surface area contributed by atoms with Gasteiger partial charge in [-0.15, -0.1) is 35.3 Å².